The molecule has 1 aromatic carbocycles. The third-order valence-corrected chi connectivity index (χ3v) is 1.65. The summed E-state index contributed by atoms with van der Waals surface area (Å²) in [6, 6.07) is 2.89. The van der Waals surface area contributed by atoms with Gasteiger partial charge < -0.3 is 5.21 Å². The lowest BCUT2D eigenvalue weighted by Crippen LogP contribution is -2.13. The number of rotatable bonds is 2. The Morgan fingerprint density at radius 1 is 1.29 bits per heavy atom. The Bertz CT molecular complexity index is 324. The van der Waals surface area contributed by atoms with E-state index in [0.29, 0.717) is 6.07 Å². The summed E-state index contributed by atoms with van der Waals surface area (Å²) in [7, 11) is 0. The molecule has 0 radical (unpaired) electrons. The Balaban J connectivity index is 3.14. The Labute approximate surface area is 77.1 Å². The van der Waals surface area contributed by atoms with Crippen molar-refractivity contribution in [1.82, 2.24) is 5.48 Å². The maximum atomic E-state index is 13.1. The van der Waals surface area contributed by atoms with Gasteiger partial charge in [-0.1, -0.05) is 12.1 Å². The average Bonchev–Trinajstić information content (AvgIpc) is 2.07. The van der Waals surface area contributed by atoms with Gasteiger partial charge in [0, 0.05) is 12.1 Å². The molecule has 6 heteroatoms. The van der Waals surface area contributed by atoms with Crippen molar-refractivity contribution in [1.29, 1.82) is 0 Å². The molecule has 2 N–H and O–H groups in total. The fourth-order valence-corrected chi connectivity index (χ4v) is 1.02. The first kappa shape index (κ1) is 10.9. The molecule has 0 spiro atoms. The zero-order chi connectivity index (χ0) is 10.8. The van der Waals surface area contributed by atoms with Crippen molar-refractivity contribution in [3.63, 3.8) is 0 Å². The second kappa shape index (κ2) is 3.93. The molecule has 0 fully saturated rings. The quantitative estimate of drug-likeness (QED) is 0.578. The standard InChI is InChI=1S/C8H7F4NO/c9-7-5(4-13-14)2-1-3-6(7)8(10,11)12/h1-3,13-14H,4H2. The first-order chi connectivity index (χ1) is 6.46. The van der Waals surface area contributed by atoms with Gasteiger partial charge in [-0.25, -0.2) is 9.87 Å². The van der Waals surface area contributed by atoms with Crippen molar-refractivity contribution in [2.75, 3.05) is 0 Å². The van der Waals surface area contributed by atoms with E-state index in [1.165, 1.54) is 0 Å². The highest BCUT2D eigenvalue weighted by Crippen LogP contribution is 2.32. The number of alkyl halides is 3. The SMILES string of the molecule is ONCc1cccc(C(F)(F)F)c1F. The number of halogens is 4. The van der Waals surface area contributed by atoms with E-state index in [1.54, 1.807) is 5.48 Å². The molecule has 0 heterocycles. The van der Waals surface area contributed by atoms with E-state index in [0.717, 1.165) is 12.1 Å². The predicted molar refractivity (Wildman–Crippen MR) is 40.0 cm³/mol. The summed E-state index contributed by atoms with van der Waals surface area (Å²) in [4.78, 5) is 0. The molecule has 0 amide bonds. The topological polar surface area (TPSA) is 32.3 Å². The highest BCUT2D eigenvalue weighted by molar-refractivity contribution is 5.27. The Hall–Kier alpha value is -1.14. The molecule has 0 unspecified atom stereocenters. The molecule has 2 nitrogen and oxygen atoms in total. The highest BCUT2D eigenvalue weighted by atomic mass is 19.4. The van der Waals surface area contributed by atoms with Crippen LogP contribution in [0.3, 0.4) is 0 Å². The van der Waals surface area contributed by atoms with Crippen molar-refractivity contribution in [3.05, 3.63) is 35.1 Å². The molecule has 1 aromatic rings. The molecule has 0 bridgehead atoms. The van der Waals surface area contributed by atoms with Crippen LogP contribution in [0.15, 0.2) is 18.2 Å². The van der Waals surface area contributed by atoms with Gasteiger partial charge in [-0.3, -0.25) is 0 Å². The molecule has 0 aliphatic rings. The average molecular weight is 209 g/mol. The van der Waals surface area contributed by atoms with Gasteiger partial charge in [-0.15, -0.1) is 0 Å². The smallest absolute Gasteiger partial charge is 0.316 e. The summed E-state index contributed by atoms with van der Waals surface area (Å²) in [6.07, 6.45) is -4.71. The molecule has 0 aliphatic carbocycles. The lowest BCUT2D eigenvalue weighted by Gasteiger charge is -2.10. The monoisotopic (exact) mass is 209 g/mol. The largest absolute Gasteiger partial charge is 0.419 e. The Morgan fingerprint density at radius 2 is 1.93 bits per heavy atom. The lowest BCUT2D eigenvalue weighted by molar-refractivity contribution is -0.140. The molecule has 0 saturated carbocycles. The number of nitrogens with one attached hydrogen (secondary N) is 1. The number of hydrogen-bond acceptors (Lipinski definition) is 2. The molecule has 14 heavy (non-hydrogen) atoms. The normalized spacial score (nSPS) is 11.8. The van der Waals surface area contributed by atoms with Gasteiger partial charge in [0.2, 0.25) is 0 Å². The Morgan fingerprint density at radius 3 is 2.43 bits per heavy atom. The van der Waals surface area contributed by atoms with Crippen LogP contribution < -0.4 is 5.48 Å². The third kappa shape index (κ3) is 2.21. The van der Waals surface area contributed by atoms with E-state index >= 15 is 0 Å². The summed E-state index contributed by atoms with van der Waals surface area (Å²) in [5, 5.41) is 8.24. The van der Waals surface area contributed by atoms with Gasteiger partial charge in [0.1, 0.15) is 5.82 Å². The Kier molecular flexibility index (Phi) is 3.07. The molecular formula is C8H7F4NO. The van der Waals surface area contributed by atoms with Crippen LogP contribution in [0.25, 0.3) is 0 Å². The number of benzene rings is 1. The van der Waals surface area contributed by atoms with Gasteiger partial charge in [-0.2, -0.15) is 13.2 Å². The van der Waals surface area contributed by atoms with E-state index in [2.05, 4.69) is 0 Å². The summed E-state index contributed by atoms with van der Waals surface area (Å²) >= 11 is 0. The van der Waals surface area contributed by atoms with E-state index in [9.17, 15) is 17.6 Å². The van der Waals surface area contributed by atoms with E-state index < -0.39 is 17.6 Å². The molecule has 0 atom stereocenters. The maximum Gasteiger partial charge on any atom is 0.419 e. The fourth-order valence-electron chi connectivity index (χ4n) is 1.02. The third-order valence-electron chi connectivity index (χ3n) is 1.65. The summed E-state index contributed by atoms with van der Waals surface area (Å²) in [5.74, 6) is -1.36. The molecular weight excluding hydrogens is 202 g/mol. The van der Waals surface area contributed by atoms with Crippen LogP contribution in [0.1, 0.15) is 11.1 Å². The van der Waals surface area contributed by atoms with Crippen molar-refractivity contribution < 1.29 is 22.8 Å². The maximum absolute atomic E-state index is 13.1. The van der Waals surface area contributed by atoms with E-state index in [-0.39, 0.29) is 12.1 Å². The molecule has 78 valence electrons. The predicted octanol–water partition coefficient (Wildman–Crippen LogP) is 2.32. The van der Waals surface area contributed by atoms with Crippen LogP contribution in [0.5, 0.6) is 0 Å². The second-order valence-electron chi connectivity index (χ2n) is 2.61. The minimum atomic E-state index is -4.71. The van der Waals surface area contributed by atoms with Crippen LogP contribution in [0.4, 0.5) is 17.6 Å². The van der Waals surface area contributed by atoms with Crippen LogP contribution >= 0.6 is 0 Å². The van der Waals surface area contributed by atoms with Crippen LogP contribution in [0.2, 0.25) is 0 Å². The summed E-state index contributed by atoms with van der Waals surface area (Å²) < 4.78 is 49.5. The van der Waals surface area contributed by atoms with Crippen LogP contribution in [0, 0.1) is 5.82 Å². The van der Waals surface area contributed by atoms with Crippen LogP contribution in [-0.2, 0) is 12.7 Å². The lowest BCUT2D eigenvalue weighted by atomic mass is 10.1. The van der Waals surface area contributed by atoms with Crippen LogP contribution in [-0.4, -0.2) is 5.21 Å². The summed E-state index contributed by atoms with van der Waals surface area (Å²) in [6.45, 7) is -0.365. The van der Waals surface area contributed by atoms with Gasteiger partial charge in [0.25, 0.3) is 0 Å². The number of hydrogen-bond donors (Lipinski definition) is 2. The minimum Gasteiger partial charge on any atom is -0.316 e. The van der Waals surface area contributed by atoms with Crippen molar-refractivity contribution in [2.24, 2.45) is 0 Å². The number of hydroxylamine groups is 1. The molecule has 1 rings (SSSR count). The zero-order valence-electron chi connectivity index (χ0n) is 6.90. The second-order valence-corrected chi connectivity index (χ2v) is 2.61. The fraction of sp³-hybridized carbons (Fsp3) is 0.250. The summed E-state index contributed by atoms with van der Waals surface area (Å²) in [5.41, 5.74) is 0.0337. The molecule has 0 aliphatic heterocycles. The van der Waals surface area contributed by atoms with Gasteiger partial charge in [0.15, 0.2) is 0 Å². The first-order valence-corrected chi connectivity index (χ1v) is 3.68. The van der Waals surface area contributed by atoms with Crippen molar-refractivity contribution in [3.8, 4) is 0 Å². The van der Waals surface area contributed by atoms with Gasteiger partial charge >= 0.3 is 6.18 Å². The highest BCUT2D eigenvalue weighted by Gasteiger charge is 2.34. The van der Waals surface area contributed by atoms with Gasteiger partial charge in [-0.05, 0) is 6.07 Å². The van der Waals surface area contributed by atoms with Crippen molar-refractivity contribution >= 4 is 0 Å². The van der Waals surface area contributed by atoms with Crippen molar-refractivity contribution in [2.45, 2.75) is 12.7 Å². The molecule has 0 aromatic heterocycles. The van der Waals surface area contributed by atoms with Gasteiger partial charge in [0.05, 0.1) is 5.56 Å². The van der Waals surface area contributed by atoms with E-state index in [1.807, 2.05) is 0 Å². The first-order valence-electron chi connectivity index (χ1n) is 3.68. The molecule has 0 saturated heterocycles. The minimum absolute atomic E-state index is 0.234. The zero-order valence-corrected chi connectivity index (χ0v) is 6.90. The van der Waals surface area contributed by atoms with E-state index in [4.69, 9.17) is 5.21 Å².